The van der Waals surface area contributed by atoms with Crippen molar-refractivity contribution < 1.29 is 13.3 Å². The number of nitro benzene ring substituents is 1. The predicted molar refractivity (Wildman–Crippen MR) is 79.8 cm³/mol. The quantitative estimate of drug-likeness (QED) is 0.642. The summed E-state index contributed by atoms with van der Waals surface area (Å²) in [5.41, 5.74) is 0.147. The Hall–Kier alpha value is -1.67. The van der Waals surface area contributed by atoms with E-state index in [0.717, 1.165) is 19.3 Å². The first-order chi connectivity index (χ1) is 9.87. The second-order valence-corrected chi connectivity index (χ2v) is 7.04. The molecule has 0 aliphatic heterocycles. The number of nitrogens with zero attached hydrogens (tertiary/aromatic N) is 2. The van der Waals surface area contributed by atoms with Gasteiger partial charge in [0.1, 0.15) is 0 Å². The molecule has 0 atom stereocenters. The molecule has 8 heteroatoms. The Morgan fingerprint density at radius 2 is 2.10 bits per heavy atom. The second kappa shape index (κ2) is 5.98. The fourth-order valence-corrected chi connectivity index (χ4v) is 3.85. The van der Waals surface area contributed by atoms with Gasteiger partial charge in [0.05, 0.1) is 4.92 Å². The molecule has 0 saturated heterocycles. The molecule has 0 radical (unpaired) electrons. The molecule has 1 saturated carbocycles. The van der Waals surface area contributed by atoms with E-state index in [-0.39, 0.29) is 16.6 Å². The number of anilines is 1. The standard InChI is InChI=1S/C13H19N3O4S/c1-3-14-10-7-8-13(12(9-10)16(17)18)21(19,20)15(2)11-5-4-6-11/h7-9,11,14H,3-6H2,1-2H3. The van der Waals surface area contributed by atoms with Crippen LogP contribution in [-0.2, 0) is 10.0 Å². The Kier molecular flexibility index (Phi) is 4.48. The summed E-state index contributed by atoms with van der Waals surface area (Å²) in [6.07, 6.45) is 2.60. The summed E-state index contributed by atoms with van der Waals surface area (Å²) in [6, 6.07) is 4.08. The number of benzene rings is 1. The van der Waals surface area contributed by atoms with Gasteiger partial charge in [0.2, 0.25) is 10.0 Å². The van der Waals surface area contributed by atoms with Crippen molar-refractivity contribution >= 4 is 21.4 Å². The van der Waals surface area contributed by atoms with Crippen molar-refractivity contribution in [2.75, 3.05) is 18.9 Å². The van der Waals surface area contributed by atoms with Crippen molar-refractivity contribution in [1.82, 2.24) is 4.31 Å². The highest BCUT2D eigenvalue weighted by Crippen LogP contribution is 2.33. The van der Waals surface area contributed by atoms with E-state index in [4.69, 9.17) is 0 Å². The van der Waals surface area contributed by atoms with Crippen LogP contribution in [0.2, 0.25) is 0 Å². The molecule has 1 fully saturated rings. The normalized spacial score (nSPS) is 15.8. The van der Waals surface area contributed by atoms with Crippen LogP contribution in [0.4, 0.5) is 11.4 Å². The number of hydrogen-bond acceptors (Lipinski definition) is 5. The van der Waals surface area contributed by atoms with Gasteiger partial charge in [-0.1, -0.05) is 6.42 Å². The highest BCUT2D eigenvalue weighted by atomic mass is 32.2. The number of nitro groups is 1. The minimum Gasteiger partial charge on any atom is -0.385 e. The number of rotatable bonds is 6. The van der Waals surface area contributed by atoms with Gasteiger partial charge >= 0.3 is 0 Å². The van der Waals surface area contributed by atoms with Crippen molar-refractivity contribution in [3.63, 3.8) is 0 Å². The summed E-state index contributed by atoms with van der Waals surface area (Å²) in [5.74, 6) is 0. The highest BCUT2D eigenvalue weighted by Gasteiger charge is 2.35. The predicted octanol–water partition coefficient (Wildman–Crippen LogP) is 2.20. The summed E-state index contributed by atoms with van der Waals surface area (Å²) >= 11 is 0. The minimum atomic E-state index is -3.84. The molecule has 1 N–H and O–H groups in total. The van der Waals surface area contributed by atoms with Gasteiger partial charge in [0, 0.05) is 31.4 Å². The van der Waals surface area contributed by atoms with Crippen molar-refractivity contribution in [3.8, 4) is 0 Å². The Balaban J connectivity index is 2.44. The van der Waals surface area contributed by atoms with Crippen LogP contribution < -0.4 is 5.32 Å². The SMILES string of the molecule is CCNc1ccc(S(=O)(=O)N(C)C2CCC2)c([N+](=O)[O-])c1. The third-order valence-electron chi connectivity index (χ3n) is 3.78. The van der Waals surface area contributed by atoms with Crippen LogP contribution in [0.1, 0.15) is 26.2 Å². The Labute approximate surface area is 124 Å². The molecule has 0 aromatic heterocycles. The van der Waals surface area contributed by atoms with E-state index in [9.17, 15) is 18.5 Å². The van der Waals surface area contributed by atoms with Gasteiger partial charge in [0.25, 0.3) is 5.69 Å². The fraction of sp³-hybridized carbons (Fsp3) is 0.538. The monoisotopic (exact) mass is 313 g/mol. The van der Waals surface area contributed by atoms with E-state index in [0.29, 0.717) is 12.2 Å². The molecule has 1 aliphatic rings. The van der Waals surface area contributed by atoms with Crippen LogP contribution in [0.3, 0.4) is 0 Å². The molecule has 0 spiro atoms. The zero-order chi connectivity index (χ0) is 15.6. The maximum Gasteiger partial charge on any atom is 0.291 e. The zero-order valence-electron chi connectivity index (χ0n) is 12.1. The molecule has 0 unspecified atom stereocenters. The maximum absolute atomic E-state index is 12.6. The van der Waals surface area contributed by atoms with Gasteiger partial charge in [-0.05, 0) is 31.9 Å². The van der Waals surface area contributed by atoms with Crippen molar-refractivity contribution in [2.24, 2.45) is 0 Å². The summed E-state index contributed by atoms with van der Waals surface area (Å²) in [4.78, 5) is 10.3. The highest BCUT2D eigenvalue weighted by molar-refractivity contribution is 7.89. The first-order valence-electron chi connectivity index (χ1n) is 6.88. The fourth-order valence-electron chi connectivity index (χ4n) is 2.29. The van der Waals surface area contributed by atoms with Crippen LogP contribution in [-0.4, -0.2) is 37.3 Å². The first-order valence-corrected chi connectivity index (χ1v) is 8.32. The lowest BCUT2D eigenvalue weighted by atomic mass is 9.94. The molecule has 0 bridgehead atoms. The smallest absolute Gasteiger partial charge is 0.291 e. The van der Waals surface area contributed by atoms with E-state index in [2.05, 4.69) is 5.32 Å². The lowest BCUT2D eigenvalue weighted by Crippen LogP contribution is -2.41. The van der Waals surface area contributed by atoms with Gasteiger partial charge in [-0.15, -0.1) is 0 Å². The van der Waals surface area contributed by atoms with Crippen LogP contribution >= 0.6 is 0 Å². The largest absolute Gasteiger partial charge is 0.385 e. The number of hydrogen-bond donors (Lipinski definition) is 1. The lowest BCUT2D eigenvalue weighted by Gasteiger charge is -2.33. The van der Waals surface area contributed by atoms with Crippen molar-refractivity contribution in [2.45, 2.75) is 37.1 Å². The third kappa shape index (κ3) is 3.01. The molecule has 1 aromatic rings. The van der Waals surface area contributed by atoms with Gasteiger partial charge in [-0.2, -0.15) is 4.31 Å². The van der Waals surface area contributed by atoms with Crippen LogP contribution in [0.5, 0.6) is 0 Å². The molecule has 1 aliphatic carbocycles. The van der Waals surface area contributed by atoms with E-state index >= 15 is 0 Å². The molecule has 0 heterocycles. The molecule has 0 amide bonds. The Bertz CT molecular complexity index is 641. The van der Waals surface area contributed by atoms with Crippen molar-refractivity contribution in [1.29, 1.82) is 0 Å². The molecule has 116 valence electrons. The molecular weight excluding hydrogens is 294 g/mol. The van der Waals surface area contributed by atoms with Gasteiger partial charge in [-0.25, -0.2) is 8.42 Å². The van der Waals surface area contributed by atoms with Gasteiger partial charge < -0.3 is 5.32 Å². The van der Waals surface area contributed by atoms with Crippen LogP contribution in [0, 0.1) is 10.1 Å². The maximum atomic E-state index is 12.6. The van der Waals surface area contributed by atoms with Crippen molar-refractivity contribution in [3.05, 3.63) is 28.3 Å². The van der Waals surface area contributed by atoms with E-state index in [1.807, 2.05) is 6.92 Å². The van der Waals surface area contributed by atoms with E-state index in [1.54, 1.807) is 6.07 Å². The molecule has 21 heavy (non-hydrogen) atoms. The summed E-state index contributed by atoms with van der Waals surface area (Å²) in [7, 11) is -2.36. The third-order valence-corrected chi connectivity index (χ3v) is 5.74. The van der Waals surface area contributed by atoms with Gasteiger partial charge in [-0.3, -0.25) is 10.1 Å². The average Bonchev–Trinajstić information content (AvgIpc) is 2.36. The van der Waals surface area contributed by atoms with E-state index < -0.39 is 14.9 Å². The summed E-state index contributed by atoms with van der Waals surface area (Å²) in [6.45, 7) is 2.46. The topological polar surface area (TPSA) is 92.6 Å². The van der Waals surface area contributed by atoms with E-state index in [1.165, 1.54) is 23.5 Å². The molecular formula is C13H19N3O4S. The average molecular weight is 313 g/mol. The first kappa shape index (κ1) is 15.7. The zero-order valence-corrected chi connectivity index (χ0v) is 12.9. The molecule has 2 rings (SSSR count). The van der Waals surface area contributed by atoms with Crippen LogP contribution in [0.25, 0.3) is 0 Å². The Morgan fingerprint density at radius 1 is 1.43 bits per heavy atom. The molecule has 1 aromatic carbocycles. The molecule has 7 nitrogen and oxygen atoms in total. The van der Waals surface area contributed by atoms with Crippen LogP contribution in [0.15, 0.2) is 23.1 Å². The van der Waals surface area contributed by atoms with Gasteiger partial charge in [0.15, 0.2) is 4.90 Å². The minimum absolute atomic E-state index is 0.0527. The summed E-state index contributed by atoms with van der Waals surface area (Å²) < 4.78 is 26.4. The summed E-state index contributed by atoms with van der Waals surface area (Å²) in [5, 5.41) is 14.1. The number of nitrogens with one attached hydrogen (secondary N) is 1. The Morgan fingerprint density at radius 3 is 2.57 bits per heavy atom. The number of sulfonamides is 1. The lowest BCUT2D eigenvalue weighted by molar-refractivity contribution is -0.387. The second-order valence-electron chi connectivity index (χ2n) is 5.08.